The van der Waals surface area contributed by atoms with Gasteiger partial charge in [0, 0.05) is 18.0 Å². The molecule has 0 aliphatic carbocycles. The van der Waals surface area contributed by atoms with Gasteiger partial charge in [-0.3, -0.25) is 4.79 Å². The fourth-order valence-electron chi connectivity index (χ4n) is 1.53. The Balaban J connectivity index is 2.37. The largest absolute Gasteiger partial charge is 0.369 e. The zero-order valence-electron chi connectivity index (χ0n) is 7.53. The van der Waals surface area contributed by atoms with Crippen molar-refractivity contribution in [2.45, 2.75) is 19.4 Å². The van der Waals surface area contributed by atoms with Crippen molar-refractivity contribution in [3.63, 3.8) is 0 Å². The molecule has 0 radical (unpaired) electrons. The van der Waals surface area contributed by atoms with E-state index in [4.69, 9.17) is 17.3 Å². The summed E-state index contributed by atoms with van der Waals surface area (Å²) in [6.07, 6.45) is 4.55. The molecule has 0 fully saturated rings. The van der Waals surface area contributed by atoms with Gasteiger partial charge in [-0.05, 0) is 6.08 Å². The summed E-state index contributed by atoms with van der Waals surface area (Å²) in [4.78, 5) is 14.9. The van der Waals surface area contributed by atoms with E-state index in [1.165, 1.54) is 0 Å². The van der Waals surface area contributed by atoms with Crippen LogP contribution < -0.4 is 5.73 Å². The van der Waals surface area contributed by atoms with Crippen LogP contribution >= 0.6 is 11.6 Å². The van der Waals surface area contributed by atoms with Crippen molar-refractivity contribution in [2.24, 2.45) is 5.73 Å². The molecular formula is C9H10ClN3O. The van der Waals surface area contributed by atoms with Crippen LogP contribution in [0, 0.1) is 0 Å². The molecule has 1 aromatic heterocycles. The van der Waals surface area contributed by atoms with Crippen LogP contribution in [0.3, 0.4) is 0 Å². The first-order valence-electron chi connectivity index (χ1n) is 4.35. The molecule has 0 spiro atoms. The van der Waals surface area contributed by atoms with Crippen molar-refractivity contribution in [2.75, 3.05) is 0 Å². The summed E-state index contributed by atoms with van der Waals surface area (Å²) in [5, 5.41) is 0.795. The minimum absolute atomic E-state index is 0.170. The monoisotopic (exact) mass is 211 g/mol. The number of carbonyl (C=O) groups is 1. The molecule has 2 rings (SSSR count). The highest BCUT2D eigenvalue weighted by Crippen LogP contribution is 2.23. The van der Waals surface area contributed by atoms with E-state index in [1.807, 2.05) is 10.6 Å². The number of nitrogens with two attached hydrogens (primary N) is 1. The standard InChI is InChI=1S/C9H10ClN3O/c10-6-1-2-13-5-12-7(4-9(11)14)8(13)3-6/h3,5H,1-2,4H2,(H2,11,14). The normalized spacial score (nSPS) is 14.8. The molecular weight excluding hydrogens is 202 g/mol. The number of amides is 1. The number of nitrogens with zero attached hydrogens (tertiary/aromatic N) is 2. The van der Waals surface area contributed by atoms with Gasteiger partial charge in [0.2, 0.25) is 5.91 Å². The molecule has 1 aliphatic rings. The van der Waals surface area contributed by atoms with Gasteiger partial charge >= 0.3 is 0 Å². The second-order valence-corrected chi connectivity index (χ2v) is 3.74. The molecule has 2 N–H and O–H groups in total. The van der Waals surface area contributed by atoms with Crippen molar-refractivity contribution in [1.82, 2.24) is 9.55 Å². The van der Waals surface area contributed by atoms with Crippen molar-refractivity contribution >= 4 is 23.6 Å². The summed E-state index contributed by atoms with van der Waals surface area (Å²) in [5.74, 6) is -0.374. The Hall–Kier alpha value is -1.29. The quantitative estimate of drug-likeness (QED) is 0.790. The van der Waals surface area contributed by atoms with Crippen LogP contribution in [0.2, 0.25) is 0 Å². The van der Waals surface area contributed by atoms with Crippen molar-refractivity contribution < 1.29 is 4.79 Å². The Morgan fingerprint density at radius 1 is 1.71 bits per heavy atom. The molecule has 5 heteroatoms. The van der Waals surface area contributed by atoms with E-state index in [2.05, 4.69) is 4.98 Å². The molecule has 0 saturated heterocycles. The number of fused-ring (bicyclic) bond motifs is 1. The zero-order valence-corrected chi connectivity index (χ0v) is 8.29. The van der Waals surface area contributed by atoms with Gasteiger partial charge in [0.1, 0.15) is 0 Å². The van der Waals surface area contributed by atoms with Crippen LogP contribution in [0.4, 0.5) is 0 Å². The van der Waals surface area contributed by atoms with Crippen LogP contribution in [0.1, 0.15) is 17.8 Å². The smallest absolute Gasteiger partial charge is 0.223 e. The third kappa shape index (κ3) is 1.65. The summed E-state index contributed by atoms with van der Waals surface area (Å²) in [6, 6.07) is 0. The highest BCUT2D eigenvalue weighted by molar-refractivity contribution is 6.31. The summed E-state index contributed by atoms with van der Waals surface area (Å²) in [5.41, 5.74) is 6.72. The number of aromatic nitrogens is 2. The molecule has 14 heavy (non-hydrogen) atoms. The summed E-state index contributed by atoms with van der Waals surface area (Å²) in [7, 11) is 0. The molecule has 1 amide bonds. The average Bonchev–Trinajstić information content (AvgIpc) is 2.47. The Kier molecular flexibility index (Phi) is 2.29. The van der Waals surface area contributed by atoms with Crippen molar-refractivity contribution in [1.29, 1.82) is 0 Å². The highest BCUT2D eigenvalue weighted by Gasteiger charge is 2.15. The third-order valence-electron chi connectivity index (χ3n) is 2.18. The summed E-state index contributed by atoms with van der Waals surface area (Å²) in [6.45, 7) is 0.816. The van der Waals surface area contributed by atoms with Gasteiger partial charge in [0.25, 0.3) is 0 Å². The number of carbonyl (C=O) groups excluding carboxylic acids is 1. The van der Waals surface area contributed by atoms with E-state index in [0.29, 0.717) is 5.69 Å². The lowest BCUT2D eigenvalue weighted by Gasteiger charge is -2.11. The molecule has 4 nitrogen and oxygen atoms in total. The second kappa shape index (κ2) is 3.46. The number of primary amides is 1. The first kappa shape index (κ1) is 9.27. The van der Waals surface area contributed by atoms with E-state index in [-0.39, 0.29) is 12.3 Å². The number of imidazole rings is 1. The number of rotatable bonds is 2. The molecule has 0 unspecified atom stereocenters. The lowest BCUT2D eigenvalue weighted by Crippen LogP contribution is -2.15. The lowest BCUT2D eigenvalue weighted by molar-refractivity contribution is -0.117. The van der Waals surface area contributed by atoms with Gasteiger partial charge in [-0.15, -0.1) is 0 Å². The summed E-state index contributed by atoms with van der Waals surface area (Å²) >= 11 is 5.91. The van der Waals surface area contributed by atoms with Crippen molar-refractivity contribution in [3.05, 3.63) is 22.7 Å². The van der Waals surface area contributed by atoms with Crippen LogP contribution in [-0.4, -0.2) is 15.5 Å². The molecule has 74 valence electrons. The lowest BCUT2D eigenvalue weighted by atomic mass is 10.2. The number of aryl methyl sites for hydroxylation is 1. The van der Waals surface area contributed by atoms with Crippen LogP contribution in [-0.2, 0) is 17.8 Å². The fourth-order valence-corrected chi connectivity index (χ4v) is 1.71. The van der Waals surface area contributed by atoms with Crippen molar-refractivity contribution in [3.8, 4) is 0 Å². The topological polar surface area (TPSA) is 60.9 Å². The summed E-state index contributed by atoms with van der Waals surface area (Å²) < 4.78 is 1.98. The van der Waals surface area contributed by atoms with Gasteiger partial charge < -0.3 is 10.3 Å². The number of allylic oxidation sites excluding steroid dienone is 1. The highest BCUT2D eigenvalue weighted by atomic mass is 35.5. The van der Waals surface area contributed by atoms with Gasteiger partial charge in [-0.1, -0.05) is 11.6 Å². The maximum Gasteiger partial charge on any atom is 0.223 e. The molecule has 0 aromatic carbocycles. The molecule has 0 saturated carbocycles. The number of hydrogen-bond donors (Lipinski definition) is 1. The van der Waals surface area contributed by atoms with Gasteiger partial charge in [0.15, 0.2) is 0 Å². The van der Waals surface area contributed by atoms with Crippen LogP contribution in [0.15, 0.2) is 11.4 Å². The molecule has 2 heterocycles. The first-order chi connectivity index (χ1) is 6.66. The van der Waals surface area contributed by atoms with Crippen LogP contribution in [0.5, 0.6) is 0 Å². The number of halogens is 1. The number of hydrogen-bond acceptors (Lipinski definition) is 2. The Bertz CT molecular complexity index is 408. The second-order valence-electron chi connectivity index (χ2n) is 3.25. The third-order valence-corrected chi connectivity index (χ3v) is 2.48. The maximum atomic E-state index is 10.8. The molecule has 0 atom stereocenters. The zero-order chi connectivity index (χ0) is 10.1. The fraction of sp³-hybridized carbons (Fsp3) is 0.333. The minimum Gasteiger partial charge on any atom is -0.369 e. The first-order valence-corrected chi connectivity index (χ1v) is 4.73. The Morgan fingerprint density at radius 3 is 3.21 bits per heavy atom. The van der Waals surface area contributed by atoms with E-state index < -0.39 is 0 Å². The van der Waals surface area contributed by atoms with Gasteiger partial charge in [0.05, 0.1) is 24.1 Å². The maximum absolute atomic E-state index is 10.8. The Labute approximate surface area is 86.4 Å². The van der Waals surface area contributed by atoms with Crippen LogP contribution in [0.25, 0.3) is 6.08 Å². The predicted octanol–water partition coefficient (Wildman–Crippen LogP) is 0.894. The molecule has 1 aliphatic heterocycles. The van der Waals surface area contributed by atoms with E-state index >= 15 is 0 Å². The predicted molar refractivity (Wildman–Crippen MR) is 53.6 cm³/mol. The van der Waals surface area contributed by atoms with Gasteiger partial charge in [-0.25, -0.2) is 4.98 Å². The van der Waals surface area contributed by atoms with E-state index in [9.17, 15) is 4.79 Å². The van der Waals surface area contributed by atoms with Gasteiger partial charge in [-0.2, -0.15) is 0 Å². The minimum atomic E-state index is -0.374. The SMILES string of the molecule is NC(=O)Cc1ncn2c1C=C(Cl)CC2. The molecule has 1 aromatic rings. The molecule has 0 bridgehead atoms. The van der Waals surface area contributed by atoms with E-state index in [1.54, 1.807) is 6.33 Å². The Morgan fingerprint density at radius 2 is 2.50 bits per heavy atom. The van der Waals surface area contributed by atoms with E-state index in [0.717, 1.165) is 23.7 Å². The average molecular weight is 212 g/mol.